The summed E-state index contributed by atoms with van der Waals surface area (Å²) in [5.41, 5.74) is 4.94. The van der Waals surface area contributed by atoms with Gasteiger partial charge in [-0.1, -0.05) is 54.6 Å². The molecule has 24 heavy (non-hydrogen) atoms. The minimum absolute atomic E-state index is 0.110. The Morgan fingerprint density at radius 1 is 1.12 bits per heavy atom. The lowest BCUT2D eigenvalue weighted by molar-refractivity contribution is 0.143. The monoisotopic (exact) mass is 339 g/mol. The molecule has 0 aromatic heterocycles. The molecule has 1 amide bonds. The Balaban J connectivity index is 1.59. The predicted molar refractivity (Wildman–Crippen MR) is 101 cm³/mol. The molecule has 1 aliphatic carbocycles. The van der Waals surface area contributed by atoms with Gasteiger partial charge in [-0.15, -0.1) is 6.58 Å². The number of amides is 1. The molecule has 0 unspecified atom stereocenters. The first-order chi connectivity index (χ1) is 11.8. The molecule has 0 saturated heterocycles. The van der Waals surface area contributed by atoms with Crippen LogP contribution >= 0.6 is 11.8 Å². The number of carbonyl (C=O) groups excluding carboxylic acids is 1. The lowest BCUT2D eigenvalue weighted by Crippen LogP contribution is -2.28. The number of carbonyl (C=O) groups is 1. The smallest absolute Gasteiger partial charge is 0.407 e. The molecule has 0 fully saturated rings. The summed E-state index contributed by atoms with van der Waals surface area (Å²) in [5, 5.41) is 2.80. The first-order valence-corrected chi connectivity index (χ1v) is 9.24. The minimum atomic E-state index is -0.351. The molecule has 0 radical (unpaired) electrons. The fourth-order valence-corrected chi connectivity index (χ4v) is 3.62. The van der Waals surface area contributed by atoms with Gasteiger partial charge in [-0.05, 0) is 22.3 Å². The van der Waals surface area contributed by atoms with Crippen molar-refractivity contribution in [1.29, 1.82) is 0 Å². The van der Waals surface area contributed by atoms with E-state index in [4.69, 9.17) is 4.74 Å². The van der Waals surface area contributed by atoms with E-state index >= 15 is 0 Å². The molecule has 1 N–H and O–H groups in total. The first kappa shape index (κ1) is 16.7. The van der Waals surface area contributed by atoms with E-state index in [0.717, 1.165) is 11.5 Å². The number of ether oxygens (including phenoxy) is 1. The molecule has 0 saturated carbocycles. The van der Waals surface area contributed by atoms with Crippen molar-refractivity contribution in [3.05, 3.63) is 72.3 Å². The van der Waals surface area contributed by atoms with Gasteiger partial charge in [0.1, 0.15) is 6.61 Å². The fourth-order valence-electron chi connectivity index (χ4n) is 3.04. The van der Waals surface area contributed by atoms with E-state index in [1.54, 1.807) is 11.8 Å². The zero-order chi connectivity index (χ0) is 16.8. The quantitative estimate of drug-likeness (QED) is 0.598. The van der Waals surface area contributed by atoms with Crippen LogP contribution in [0.1, 0.15) is 17.0 Å². The second-order valence-corrected chi connectivity index (χ2v) is 6.77. The number of rotatable bonds is 7. The summed E-state index contributed by atoms with van der Waals surface area (Å²) in [7, 11) is 0. The van der Waals surface area contributed by atoms with Crippen LogP contribution in [0, 0.1) is 0 Å². The second-order valence-electron chi connectivity index (χ2n) is 5.62. The summed E-state index contributed by atoms with van der Waals surface area (Å²) in [4.78, 5) is 11.9. The summed E-state index contributed by atoms with van der Waals surface area (Å²) in [6.07, 6.45) is 1.51. The maximum atomic E-state index is 11.9. The zero-order valence-corrected chi connectivity index (χ0v) is 14.4. The summed E-state index contributed by atoms with van der Waals surface area (Å²) in [6.45, 7) is 4.64. The van der Waals surface area contributed by atoms with Gasteiger partial charge in [0, 0.05) is 24.0 Å². The van der Waals surface area contributed by atoms with Gasteiger partial charge in [0.15, 0.2) is 0 Å². The summed E-state index contributed by atoms with van der Waals surface area (Å²) in [5.74, 6) is 1.86. The van der Waals surface area contributed by atoms with Crippen LogP contribution in [0.2, 0.25) is 0 Å². The average molecular weight is 339 g/mol. The van der Waals surface area contributed by atoms with Crippen LogP contribution in [-0.2, 0) is 4.74 Å². The van der Waals surface area contributed by atoms with Crippen LogP contribution in [0.15, 0.2) is 61.2 Å². The third-order valence-electron chi connectivity index (χ3n) is 4.10. The van der Waals surface area contributed by atoms with E-state index in [1.807, 2.05) is 30.3 Å². The third-order valence-corrected chi connectivity index (χ3v) is 5.06. The number of alkyl carbamates (subject to hydrolysis) is 1. The molecule has 0 atom stereocenters. The number of fused-ring (bicyclic) bond motifs is 3. The van der Waals surface area contributed by atoms with Gasteiger partial charge in [-0.25, -0.2) is 4.79 Å². The molecule has 0 heterocycles. The van der Waals surface area contributed by atoms with Crippen LogP contribution in [0.25, 0.3) is 11.1 Å². The van der Waals surface area contributed by atoms with Crippen molar-refractivity contribution in [3.8, 4) is 11.1 Å². The average Bonchev–Trinajstić information content (AvgIpc) is 2.94. The highest BCUT2D eigenvalue weighted by molar-refractivity contribution is 7.99. The molecule has 0 aliphatic heterocycles. The van der Waals surface area contributed by atoms with E-state index < -0.39 is 0 Å². The first-order valence-electron chi connectivity index (χ1n) is 8.08. The van der Waals surface area contributed by atoms with E-state index in [1.165, 1.54) is 22.3 Å². The molecule has 3 nitrogen and oxygen atoms in total. The Bertz CT molecular complexity index is 684. The number of benzene rings is 2. The van der Waals surface area contributed by atoms with Crippen molar-refractivity contribution in [2.24, 2.45) is 0 Å². The molecule has 3 rings (SSSR count). The maximum absolute atomic E-state index is 11.9. The predicted octanol–water partition coefficient (Wildman–Crippen LogP) is 4.44. The molecule has 2 aromatic rings. The normalized spacial score (nSPS) is 12.3. The molecule has 0 spiro atoms. The molecule has 124 valence electrons. The third kappa shape index (κ3) is 3.65. The highest BCUT2D eigenvalue weighted by atomic mass is 32.2. The van der Waals surface area contributed by atoms with Gasteiger partial charge in [0.2, 0.25) is 0 Å². The van der Waals surface area contributed by atoms with E-state index in [9.17, 15) is 4.79 Å². The SMILES string of the molecule is C=CCSCCNC(=O)OCC1c2ccccc2-c2ccccc21. The lowest BCUT2D eigenvalue weighted by Gasteiger charge is -2.14. The Labute approximate surface area is 147 Å². The summed E-state index contributed by atoms with van der Waals surface area (Å²) in [6, 6.07) is 16.7. The highest BCUT2D eigenvalue weighted by Gasteiger charge is 2.28. The van der Waals surface area contributed by atoms with Crippen LogP contribution < -0.4 is 5.32 Å². The van der Waals surface area contributed by atoms with Crippen LogP contribution in [-0.4, -0.2) is 30.8 Å². The van der Waals surface area contributed by atoms with Gasteiger partial charge in [-0.2, -0.15) is 11.8 Å². The van der Waals surface area contributed by atoms with Crippen LogP contribution in [0.5, 0.6) is 0 Å². The van der Waals surface area contributed by atoms with Crippen molar-refractivity contribution >= 4 is 17.9 Å². The molecular formula is C20H21NO2S. The molecule has 4 heteroatoms. The van der Waals surface area contributed by atoms with E-state index in [0.29, 0.717) is 13.2 Å². The van der Waals surface area contributed by atoms with Crippen molar-refractivity contribution in [2.75, 3.05) is 24.7 Å². The van der Waals surface area contributed by atoms with E-state index in [2.05, 4.69) is 36.2 Å². The Morgan fingerprint density at radius 2 is 1.75 bits per heavy atom. The molecule has 0 bridgehead atoms. The Hall–Kier alpha value is -2.20. The second kappa shape index (κ2) is 8.06. The van der Waals surface area contributed by atoms with Crippen molar-refractivity contribution < 1.29 is 9.53 Å². The topological polar surface area (TPSA) is 38.3 Å². The molecule has 1 aliphatic rings. The van der Waals surface area contributed by atoms with Gasteiger partial charge in [0.25, 0.3) is 0 Å². The summed E-state index contributed by atoms with van der Waals surface area (Å²) >= 11 is 1.73. The molecular weight excluding hydrogens is 318 g/mol. The van der Waals surface area contributed by atoms with Gasteiger partial charge >= 0.3 is 6.09 Å². The van der Waals surface area contributed by atoms with E-state index in [-0.39, 0.29) is 12.0 Å². The Kier molecular flexibility index (Phi) is 5.59. The van der Waals surface area contributed by atoms with Crippen LogP contribution in [0.4, 0.5) is 4.79 Å². The standard InChI is InChI=1S/C20H21NO2S/c1-2-12-24-13-11-21-20(22)23-14-19-17-9-5-3-7-15(17)16-8-4-6-10-18(16)19/h2-10,19H,1,11-14H2,(H,21,22). The molecule has 2 aromatic carbocycles. The highest BCUT2D eigenvalue weighted by Crippen LogP contribution is 2.44. The van der Waals surface area contributed by atoms with Crippen molar-refractivity contribution in [2.45, 2.75) is 5.92 Å². The number of hydrogen-bond donors (Lipinski definition) is 1. The van der Waals surface area contributed by atoms with Gasteiger partial charge in [0.05, 0.1) is 0 Å². The lowest BCUT2D eigenvalue weighted by atomic mass is 9.98. The summed E-state index contributed by atoms with van der Waals surface area (Å²) < 4.78 is 5.47. The largest absolute Gasteiger partial charge is 0.449 e. The van der Waals surface area contributed by atoms with Gasteiger partial charge < -0.3 is 10.1 Å². The number of nitrogens with one attached hydrogen (secondary N) is 1. The van der Waals surface area contributed by atoms with Crippen molar-refractivity contribution in [1.82, 2.24) is 5.32 Å². The number of hydrogen-bond acceptors (Lipinski definition) is 3. The Morgan fingerprint density at radius 3 is 2.38 bits per heavy atom. The maximum Gasteiger partial charge on any atom is 0.407 e. The fraction of sp³-hybridized carbons (Fsp3) is 0.250. The van der Waals surface area contributed by atoms with Crippen LogP contribution in [0.3, 0.4) is 0 Å². The number of thioether (sulfide) groups is 1. The zero-order valence-electron chi connectivity index (χ0n) is 13.5. The van der Waals surface area contributed by atoms with Gasteiger partial charge in [-0.3, -0.25) is 0 Å². The van der Waals surface area contributed by atoms with Crippen molar-refractivity contribution in [3.63, 3.8) is 0 Å². The minimum Gasteiger partial charge on any atom is -0.449 e.